The maximum absolute atomic E-state index is 13.3. The van der Waals surface area contributed by atoms with Gasteiger partial charge in [-0.05, 0) is 42.5 Å². The molecule has 0 fully saturated rings. The molecule has 0 spiro atoms. The zero-order valence-corrected chi connectivity index (χ0v) is 12.9. The van der Waals surface area contributed by atoms with Crippen LogP contribution in [0.2, 0.25) is 0 Å². The standard InChI is InChI=1S/C14H11F4NO4S/c1-22-12-7-2-9(15)8-13(12)24(20,21)19-10-3-5-11(6-4-10)23-14(16,17)18/h2-8,19H,1H3. The van der Waals surface area contributed by atoms with Gasteiger partial charge in [0, 0.05) is 5.69 Å². The van der Waals surface area contributed by atoms with Crippen LogP contribution in [0.15, 0.2) is 47.4 Å². The van der Waals surface area contributed by atoms with Crippen LogP contribution >= 0.6 is 0 Å². The highest BCUT2D eigenvalue weighted by Crippen LogP contribution is 2.28. The van der Waals surface area contributed by atoms with Crippen molar-refractivity contribution < 1.29 is 35.5 Å². The van der Waals surface area contributed by atoms with Crippen LogP contribution in [0.25, 0.3) is 0 Å². The molecule has 0 bridgehead atoms. The Bertz CT molecular complexity index is 820. The molecule has 2 aromatic rings. The van der Waals surface area contributed by atoms with Crippen molar-refractivity contribution in [2.45, 2.75) is 11.3 Å². The lowest BCUT2D eigenvalue weighted by atomic mass is 10.3. The Morgan fingerprint density at radius 2 is 1.67 bits per heavy atom. The number of sulfonamides is 1. The fourth-order valence-corrected chi connectivity index (χ4v) is 3.04. The van der Waals surface area contributed by atoms with Gasteiger partial charge in [0.15, 0.2) is 0 Å². The van der Waals surface area contributed by atoms with E-state index in [1.807, 2.05) is 0 Å². The van der Waals surface area contributed by atoms with Crippen molar-refractivity contribution in [2.24, 2.45) is 0 Å². The van der Waals surface area contributed by atoms with Gasteiger partial charge in [-0.1, -0.05) is 0 Å². The van der Waals surface area contributed by atoms with E-state index >= 15 is 0 Å². The Kier molecular flexibility index (Phi) is 4.88. The molecule has 2 aromatic carbocycles. The topological polar surface area (TPSA) is 64.6 Å². The van der Waals surface area contributed by atoms with Gasteiger partial charge in [-0.2, -0.15) is 0 Å². The van der Waals surface area contributed by atoms with Crippen molar-refractivity contribution >= 4 is 15.7 Å². The third kappa shape index (κ3) is 4.51. The Labute approximate surface area is 134 Å². The van der Waals surface area contributed by atoms with E-state index in [0.29, 0.717) is 0 Å². The highest BCUT2D eigenvalue weighted by Gasteiger charge is 2.31. The van der Waals surface area contributed by atoms with Crippen LogP contribution in [0.4, 0.5) is 23.2 Å². The lowest BCUT2D eigenvalue weighted by molar-refractivity contribution is -0.274. The zero-order valence-electron chi connectivity index (χ0n) is 12.1. The average Bonchev–Trinajstić information content (AvgIpc) is 2.47. The second-order valence-electron chi connectivity index (χ2n) is 4.47. The predicted octanol–water partition coefficient (Wildman–Crippen LogP) is 3.53. The summed E-state index contributed by atoms with van der Waals surface area (Å²) in [7, 11) is -2.99. The van der Waals surface area contributed by atoms with E-state index in [2.05, 4.69) is 9.46 Å². The summed E-state index contributed by atoms with van der Waals surface area (Å²) in [6, 6.07) is 6.96. The molecule has 0 aromatic heterocycles. The molecule has 130 valence electrons. The maximum atomic E-state index is 13.3. The van der Waals surface area contributed by atoms with Crippen molar-refractivity contribution in [2.75, 3.05) is 11.8 Å². The van der Waals surface area contributed by atoms with Crippen molar-refractivity contribution in [1.29, 1.82) is 0 Å². The number of ether oxygens (including phenoxy) is 2. The van der Waals surface area contributed by atoms with Gasteiger partial charge in [0.1, 0.15) is 22.2 Å². The van der Waals surface area contributed by atoms with Crippen LogP contribution in [0.5, 0.6) is 11.5 Å². The van der Waals surface area contributed by atoms with Crippen LogP contribution in [-0.4, -0.2) is 21.9 Å². The minimum atomic E-state index is -4.85. The molecule has 0 aliphatic heterocycles. The van der Waals surface area contributed by atoms with Gasteiger partial charge in [0.2, 0.25) is 0 Å². The van der Waals surface area contributed by atoms with E-state index in [-0.39, 0.29) is 11.4 Å². The van der Waals surface area contributed by atoms with Crippen LogP contribution in [0.1, 0.15) is 0 Å². The highest BCUT2D eigenvalue weighted by molar-refractivity contribution is 7.92. The molecule has 24 heavy (non-hydrogen) atoms. The zero-order chi connectivity index (χ0) is 18.0. The highest BCUT2D eigenvalue weighted by atomic mass is 32.2. The molecule has 0 atom stereocenters. The van der Waals surface area contributed by atoms with E-state index in [9.17, 15) is 26.0 Å². The molecule has 10 heteroatoms. The fraction of sp³-hybridized carbons (Fsp3) is 0.143. The van der Waals surface area contributed by atoms with E-state index in [1.165, 1.54) is 7.11 Å². The molecule has 0 amide bonds. The van der Waals surface area contributed by atoms with E-state index in [4.69, 9.17) is 4.74 Å². The van der Waals surface area contributed by atoms with Gasteiger partial charge in [-0.15, -0.1) is 13.2 Å². The Morgan fingerprint density at radius 3 is 2.21 bits per heavy atom. The summed E-state index contributed by atoms with van der Waals surface area (Å²) < 4.78 is 84.7. The third-order valence-electron chi connectivity index (χ3n) is 2.76. The number of nitrogens with one attached hydrogen (secondary N) is 1. The number of hydrogen-bond acceptors (Lipinski definition) is 4. The van der Waals surface area contributed by atoms with E-state index in [0.717, 1.165) is 42.5 Å². The van der Waals surface area contributed by atoms with Gasteiger partial charge in [0.25, 0.3) is 10.0 Å². The molecular weight excluding hydrogens is 354 g/mol. The van der Waals surface area contributed by atoms with Gasteiger partial charge >= 0.3 is 6.36 Å². The second-order valence-corrected chi connectivity index (χ2v) is 6.12. The van der Waals surface area contributed by atoms with Crippen LogP contribution in [0, 0.1) is 5.82 Å². The summed E-state index contributed by atoms with van der Waals surface area (Å²) in [5, 5.41) is 0. The maximum Gasteiger partial charge on any atom is 0.573 e. The number of alkyl halides is 3. The third-order valence-corrected chi connectivity index (χ3v) is 4.16. The summed E-state index contributed by atoms with van der Waals surface area (Å²) in [6.45, 7) is 0. The fourth-order valence-electron chi connectivity index (χ4n) is 1.80. The molecular formula is C14H11F4NO4S. The summed E-state index contributed by atoms with van der Waals surface area (Å²) in [6.07, 6.45) is -4.85. The van der Waals surface area contributed by atoms with Crippen LogP contribution in [0.3, 0.4) is 0 Å². The van der Waals surface area contributed by atoms with Crippen molar-refractivity contribution in [3.63, 3.8) is 0 Å². The Morgan fingerprint density at radius 1 is 1.04 bits per heavy atom. The number of benzene rings is 2. The molecule has 0 radical (unpaired) electrons. The second kappa shape index (κ2) is 6.56. The number of halogens is 4. The summed E-state index contributed by atoms with van der Waals surface area (Å²) >= 11 is 0. The first-order valence-corrected chi connectivity index (χ1v) is 7.81. The normalized spacial score (nSPS) is 11.9. The van der Waals surface area contributed by atoms with Gasteiger partial charge in [-0.3, -0.25) is 4.72 Å². The molecule has 0 aliphatic carbocycles. The van der Waals surface area contributed by atoms with Gasteiger partial charge in [0.05, 0.1) is 7.11 Å². The quantitative estimate of drug-likeness (QED) is 0.824. The van der Waals surface area contributed by atoms with Gasteiger partial charge in [-0.25, -0.2) is 12.8 Å². The van der Waals surface area contributed by atoms with Crippen molar-refractivity contribution in [3.05, 3.63) is 48.3 Å². The SMILES string of the molecule is COc1ccc(F)cc1S(=O)(=O)Nc1ccc(OC(F)(F)F)cc1. The minimum absolute atomic E-state index is 0.0316. The molecule has 5 nitrogen and oxygen atoms in total. The van der Waals surface area contributed by atoms with E-state index in [1.54, 1.807) is 0 Å². The van der Waals surface area contributed by atoms with Crippen molar-refractivity contribution in [3.8, 4) is 11.5 Å². The predicted molar refractivity (Wildman–Crippen MR) is 76.9 cm³/mol. The first-order valence-electron chi connectivity index (χ1n) is 6.33. The lowest BCUT2D eigenvalue weighted by Crippen LogP contribution is -2.17. The number of anilines is 1. The minimum Gasteiger partial charge on any atom is -0.495 e. The largest absolute Gasteiger partial charge is 0.573 e. The molecule has 1 N–H and O–H groups in total. The smallest absolute Gasteiger partial charge is 0.495 e. The first kappa shape index (κ1) is 17.9. The number of methoxy groups -OCH3 is 1. The van der Waals surface area contributed by atoms with Crippen molar-refractivity contribution in [1.82, 2.24) is 0 Å². The molecule has 0 unspecified atom stereocenters. The number of hydrogen-bond donors (Lipinski definition) is 1. The van der Waals surface area contributed by atoms with Crippen LogP contribution in [-0.2, 0) is 10.0 Å². The molecule has 0 saturated carbocycles. The van der Waals surface area contributed by atoms with Crippen LogP contribution < -0.4 is 14.2 Å². The summed E-state index contributed by atoms with van der Waals surface area (Å²) in [5.74, 6) is -1.38. The summed E-state index contributed by atoms with van der Waals surface area (Å²) in [4.78, 5) is -0.444. The van der Waals surface area contributed by atoms with Gasteiger partial charge < -0.3 is 9.47 Å². The molecule has 0 saturated heterocycles. The molecule has 0 aliphatic rings. The summed E-state index contributed by atoms with van der Waals surface area (Å²) in [5.41, 5.74) is -0.0316. The number of rotatable bonds is 5. The Hall–Kier alpha value is -2.49. The average molecular weight is 365 g/mol. The monoisotopic (exact) mass is 365 g/mol. The first-order chi connectivity index (χ1) is 11.1. The molecule has 0 heterocycles. The molecule has 2 rings (SSSR count). The lowest BCUT2D eigenvalue weighted by Gasteiger charge is -2.12. The van der Waals surface area contributed by atoms with E-state index < -0.39 is 32.8 Å². The Balaban J connectivity index is 2.25.